The predicted molar refractivity (Wildman–Crippen MR) is 45.6 cm³/mol. The smallest absolute Gasteiger partial charge is 0.155 e. The quantitative estimate of drug-likeness (QED) is 0.680. The highest BCUT2D eigenvalue weighted by atomic mass is 16.3. The van der Waals surface area contributed by atoms with Crippen LogP contribution in [0.15, 0.2) is 12.5 Å². The van der Waals surface area contributed by atoms with E-state index in [9.17, 15) is 5.11 Å². The largest absolute Gasteiger partial charge is 0.504 e. The van der Waals surface area contributed by atoms with Crippen LogP contribution in [0.2, 0.25) is 0 Å². The minimum Gasteiger partial charge on any atom is -0.504 e. The number of aromatic nitrogens is 2. The summed E-state index contributed by atoms with van der Waals surface area (Å²) >= 11 is 0. The van der Waals surface area contributed by atoms with Crippen LogP contribution in [0.25, 0.3) is 0 Å². The van der Waals surface area contributed by atoms with Crippen LogP contribution in [0.3, 0.4) is 0 Å². The van der Waals surface area contributed by atoms with Gasteiger partial charge < -0.3 is 10.8 Å². The number of nitrogens with zero attached hydrogens (tertiary/aromatic N) is 2. The summed E-state index contributed by atoms with van der Waals surface area (Å²) in [6.45, 7) is 2.62. The Bertz CT molecular complexity index is 252. The van der Waals surface area contributed by atoms with Gasteiger partial charge in [0.2, 0.25) is 0 Å². The van der Waals surface area contributed by atoms with E-state index in [-0.39, 0.29) is 5.75 Å². The van der Waals surface area contributed by atoms with E-state index in [1.54, 1.807) is 0 Å². The van der Waals surface area contributed by atoms with E-state index in [2.05, 4.69) is 9.97 Å². The molecule has 4 heteroatoms. The zero-order chi connectivity index (χ0) is 8.97. The second-order valence-electron chi connectivity index (χ2n) is 2.90. The molecule has 1 aromatic rings. The molecule has 0 bridgehead atoms. The van der Waals surface area contributed by atoms with E-state index in [0.29, 0.717) is 24.6 Å². The van der Waals surface area contributed by atoms with Gasteiger partial charge in [0.05, 0.1) is 11.9 Å². The molecule has 0 aliphatic heterocycles. The summed E-state index contributed by atoms with van der Waals surface area (Å²) in [5.74, 6) is 0.489. The number of hydrogen-bond donors (Lipinski definition) is 2. The zero-order valence-corrected chi connectivity index (χ0v) is 7.07. The van der Waals surface area contributed by atoms with Gasteiger partial charge in [-0.2, -0.15) is 0 Å². The summed E-state index contributed by atoms with van der Waals surface area (Å²) in [6, 6.07) is 0. The second kappa shape index (κ2) is 4.01. The molecule has 12 heavy (non-hydrogen) atoms. The predicted octanol–water partition coefficient (Wildman–Crippen LogP) is 0.319. The monoisotopic (exact) mass is 167 g/mol. The Morgan fingerprint density at radius 1 is 1.67 bits per heavy atom. The summed E-state index contributed by atoms with van der Waals surface area (Å²) in [5.41, 5.74) is 6.11. The molecular weight excluding hydrogens is 154 g/mol. The molecule has 0 amide bonds. The van der Waals surface area contributed by atoms with Crippen molar-refractivity contribution in [2.45, 2.75) is 13.3 Å². The van der Waals surface area contributed by atoms with E-state index >= 15 is 0 Å². The van der Waals surface area contributed by atoms with Gasteiger partial charge in [-0.05, 0) is 18.9 Å². The van der Waals surface area contributed by atoms with Crippen LogP contribution in [-0.4, -0.2) is 21.6 Å². The molecule has 1 rings (SSSR count). The maximum Gasteiger partial charge on any atom is 0.155 e. The first-order chi connectivity index (χ1) is 5.74. The van der Waals surface area contributed by atoms with Gasteiger partial charge in [-0.1, -0.05) is 6.92 Å². The summed E-state index contributed by atoms with van der Waals surface area (Å²) in [4.78, 5) is 7.64. The normalized spacial score (nSPS) is 12.8. The summed E-state index contributed by atoms with van der Waals surface area (Å²) in [5, 5.41) is 9.29. The molecule has 3 N–H and O–H groups in total. The fourth-order valence-electron chi connectivity index (χ4n) is 0.918. The van der Waals surface area contributed by atoms with Crippen molar-refractivity contribution in [1.29, 1.82) is 0 Å². The average molecular weight is 167 g/mol. The van der Waals surface area contributed by atoms with E-state index in [0.717, 1.165) is 0 Å². The van der Waals surface area contributed by atoms with Crippen molar-refractivity contribution in [2.75, 3.05) is 6.54 Å². The van der Waals surface area contributed by atoms with Gasteiger partial charge in [0.15, 0.2) is 5.75 Å². The van der Waals surface area contributed by atoms with Crippen molar-refractivity contribution >= 4 is 0 Å². The number of aromatic hydroxyl groups is 1. The molecule has 66 valence electrons. The molecule has 0 spiro atoms. The molecule has 0 aliphatic rings. The lowest BCUT2D eigenvalue weighted by molar-refractivity contribution is 0.451. The Labute approximate surface area is 71.5 Å². The van der Waals surface area contributed by atoms with Crippen LogP contribution in [-0.2, 0) is 6.42 Å². The molecule has 0 saturated heterocycles. The van der Waals surface area contributed by atoms with Gasteiger partial charge in [0, 0.05) is 0 Å². The summed E-state index contributed by atoms with van der Waals surface area (Å²) in [7, 11) is 0. The average Bonchev–Trinajstić information content (AvgIpc) is 2.09. The Morgan fingerprint density at radius 3 is 3.00 bits per heavy atom. The van der Waals surface area contributed by atoms with Crippen molar-refractivity contribution in [3.8, 4) is 5.75 Å². The van der Waals surface area contributed by atoms with E-state index in [1.807, 2.05) is 6.92 Å². The highest BCUT2D eigenvalue weighted by Gasteiger charge is 2.06. The van der Waals surface area contributed by atoms with Crippen molar-refractivity contribution in [3.05, 3.63) is 18.2 Å². The van der Waals surface area contributed by atoms with Gasteiger partial charge in [0.25, 0.3) is 0 Å². The minimum atomic E-state index is 0.151. The first kappa shape index (κ1) is 8.93. The molecule has 0 fully saturated rings. The van der Waals surface area contributed by atoms with E-state index in [4.69, 9.17) is 5.73 Å². The molecular formula is C8H13N3O. The SMILES string of the molecule is CC(CN)Cc1ncncc1O. The maximum absolute atomic E-state index is 9.29. The maximum atomic E-state index is 9.29. The minimum absolute atomic E-state index is 0.151. The topological polar surface area (TPSA) is 72.0 Å². The third-order valence-corrected chi connectivity index (χ3v) is 1.72. The first-order valence-corrected chi connectivity index (χ1v) is 3.92. The van der Waals surface area contributed by atoms with Crippen LogP contribution in [0.1, 0.15) is 12.6 Å². The Morgan fingerprint density at radius 2 is 2.42 bits per heavy atom. The fraction of sp³-hybridized carbons (Fsp3) is 0.500. The Balaban J connectivity index is 2.69. The molecule has 1 atom stereocenters. The molecule has 1 heterocycles. The highest BCUT2D eigenvalue weighted by molar-refractivity contribution is 5.21. The zero-order valence-electron chi connectivity index (χ0n) is 7.07. The third kappa shape index (κ3) is 2.17. The molecule has 0 aromatic carbocycles. The molecule has 0 radical (unpaired) electrons. The van der Waals surface area contributed by atoms with Crippen molar-refractivity contribution in [2.24, 2.45) is 11.7 Å². The van der Waals surface area contributed by atoms with Crippen LogP contribution >= 0.6 is 0 Å². The van der Waals surface area contributed by atoms with Crippen molar-refractivity contribution in [3.63, 3.8) is 0 Å². The van der Waals surface area contributed by atoms with Crippen LogP contribution < -0.4 is 5.73 Å². The molecule has 0 saturated carbocycles. The van der Waals surface area contributed by atoms with E-state index in [1.165, 1.54) is 12.5 Å². The molecule has 0 aliphatic carbocycles. The van der Waals surface area contributed by atoms with Crippen molar-refractivity contribution < 1.29 is 5.11 Å². The summed E-state index contributed by atoms with van der Waals surface area (Å²) in [6.07, 6.45) is 3.52. The van der Waals surface area contributed by atoms with Crippen molar-refractivity contribution in [1.82, 2.24) is 9.97 Å². The van der Waals surface area contributed by atoms with Gasteiger partial charge in [-0.15, -0.1) is 0 Å². The Hall–Kier alpha value is -1.16. The van der Waals surface area contributed by atoms with Gasteiger partial charge in [0.1, 0.15) is 6.33 Å². The standard InChI is InChI=1S/C8H13N3O/c1-6(3-9)2-7-8(12)4-10-5-11-7/h4-6,12H,2-3,9H2,1H3. The number of rotatable bonds is 3. The second-order valence-corrected chi connectivity index (χ2v) is 2.90. The van der Waals surface area contributed by atoms with E-state index < -0.39 is 0 Å². The number of nitrogens with two attached hydrogens (primary N) is 1. The molecule has 4 nitrogen and oxygen atoms in total. The van der Waals surface area contributed by atoms with Gasteiger partial charge in [-0.25, -0.2) is 9.97 Å². The highest BCUT2D eigenvalue weighted by Crippen LogP contribution is 2.14. The van der Waals surface area contributed by atoms with Crippen LogP contribution in [0.4, 0.5) is 0 Å². The number of hydrogen-bond acceptors (Lipinski definition) is 4. The lowest BCUT2D eigenvalue weighted by Crippen LogP contribution is -2.13. The van der Waals surface area contributed by atoms with Gasteiger partial charge in [-0.3, -0.25) is 0 Å². The Kier molecular flexibility index (Phi) is 2.99. The molecule has 1 unspecified atom stereocenters. The lowest BCUT2D eigenvalue weighted by Gasteiger charge is -2.07. The van der Waals surface area contributed by atoms with Crippen LogP contribution in [0.5, 0.6) is 5.75 Å². The van der Waals surface area contributed by atoms with Gasteiger partial charge >= 0.3 is 0 Å². The fourth-order valence-corrected chi connectivity index (χ4v) is 0.918. The summed E-state index contributed by atoms with van der Waals surface area (Å²) < 4.78 is 0. The first-order valence-electron chi connectivity index (χ1n) is 3.92. The lowest BCUT2D eigenvalue weighted by atomic mass is 10.1. The van der Waals surface area contributed by atoms with Crippen LogP contribution in [0, 0.1) is 5.92 Å². The third-order valence-electron chi connectivity index (χ3n) is 1.72. The molecule has 1 aromatic heterocycles.